The summed E-state index contributed by atoms with van der Waals surface area (Å²) in [6.07, 6.45) is 4.04. The number of carbonyl (C=O) groups is 1. The van der Waals surface area contributed by atoms with E-state index >= 15 is 0 Å². The predicted molar refractivity (Wildman–Crippen MR) is 91.8 cm³/mol. The van der Waals surface area contributed by atoms with E-state index in [1.54, 1.807) is 0 Å². The Morgan fingerprint density at radius 2 is 2.14 bits per heavy atom. The second kappa shape index (κ2) is 10.5. The van der Waals surface area contributed by atoms with Gasteiger partial charge < -0.3 is 15.4 Å². The maximum Gasteiger partial charge on any atom is 0.220 e. The third-order valence-electron chi connectivity index (χ3n) is 3.92. The van der Waals surface area contributed by atoms with E-state index in [2.05, 4.69) is 10.6 Å². The molecule has 1 aromatic rings. The number of rotatable bonds is 7. The SMILES string of the molecule is Cc1cccc(OCCNC(=O)CCC2CCNCC2)c1.Cl. The van der Waals surface area contributed by atoms with Gasteiger partial charge >= 0.3 is 0 Å². The van der Waals surface area contributed by atoms with Gasteiger partial charge in [0.1, 0.15) is 12.4 Å². The van der Waals surface area contributed by atoms with E-state index < -0.39 is 0 Å². The van der Waals surface area contributed by atoms with Crippen LogP contribution in [0.25, 0.3) is 0 Å². The molecule has 5 heteroatoms. The Hall–Kier alpha value is -1.26. The highest BCUT2D eigenvalue weighted by atomic mass is 35.5. The van der Waals surface area contributed by atoms with Crippen molar-refractivity contribution in [3.63, 3.8) is 0 Å². The molecule has 2 rings (SSSR count). The van der Waals surface area contributed by atoms with Crippen molar-refractivity contribution in [1.29, 1.82) is 0 Å². The average Bonchev–Trinajstić information content (AvgIpc) is 2.51. The van der Waals surface area contributed by atoms with Gasteiger partial charge in [-0.3, -0.25) is 4.79 Å². The molecule has 1 amide bonds. The molecule has 1 aliphatic rings. The van der Waals surface area contributed by atoms with E-state index in [1.807, 2.05) is 31.2 Å². The second-order valence-corrected chi connectivity index (χ2v) is 5.75. The molecule has 1 aromatic carbocycles. The fourth-order valence-corrected chi connectivity index (χ4v) is 2.66. The van der Waals surface area contributed by atoms with Crippen LogP contribution in [0.1, 0.15) is 31.2 Å². The lowest BCUT2D eigenvalue weighted by Gasteiger charge is -2.22. The number of piperidine rings is 1. The number of aryl methyl sites for hydroxylation is 1. The molecular weight excluding hydrogens is 300 g/mol. The molecule has 1 heterocycles. The second-order valence-electron chi connectivity index (χ2n) is 5.75. The molecule has 1 aliphatic heterocycles. The van der Waals surface area contributed by atoms with Crippen LogP contribution in [0.2, 0.25) is 0 Å². The number of nitrogens with one attached hydrogen (secondary N) is 2. The lowest BCUT2D eigenvalue weighted by Crippen LogP contribution is -2.30. The zero-order valence-electron chi connectivity index (χ0n) is 13.3. The van der Waals surface area contributed by atoms with Crippen LogP contribution in [-0.4, -0.2) is 32.1 Å². The molecule has 0 unspecified atom stereocenters. The fraction of sp³-hybridized carbons (Fsp3) is 0.588. The van der Waals surface area contributed by atoms with Crippen molar-refractivity contribution in [3.8, 4) is 5.75 Å². The minimum Gasteiger partial charge on any atom is -0.492 e. The molecule has 0 atom stereocenters. The highest BCUT2D eigenvalue weighted by molar-refractivity contribution is 5.85. The zero-order valence-corrected chi connectivity index (χ0v) is 14.1. The smallest absolute Gasteiger partial charge is 0.220 e. The van der Waals surface area contributed by atoms with Gasteiger partial charge in [0.25, 0.3) is 0 Å². The Balaban J connectivity index is 0.00000242. The minimum absolute atomic E-state index is 0. The molecule has 4 nitrogen and oxygen atoms in total. The van der Waals surface area contributed by atoms with Crippen molar-refractivity contribution in [2.45, 2.75) is 32.6 Å². The molecule has 0 aromatic heterocycles. The Bertz CT molecular complexity index is 448. The first kappa shape index (κ1) is 18.8. The van der Waals surface area contributed by atoms with Gasteiger partial charge in [0.2, 0.25) is 5.91 Å². The van der Waals surface area contributed by atoms with Crippen molar-refractivity contribution in [2.75, 3.05) is 26.2 Å². The Morgan fingerprint density at radius 3 is 2.86 bits per heavy atom. The van der Waals surface area contributed by atoms with E-state index in [9.17, 15) is 4.79 Å². The van der Waals surface area contributed by atoms with Crippen LogP contribution >= 0.6 is 12.4 Å². The third kappa shape index (κ3) is 7.14. The maximum absolute atomic E-state index is 11.8. The van der Waals surface area contributed by atoms with Gasteiger partial charge in [0.15, 0.2) is 0 Å². The molecule has 2 N–H and O–H groups in total. The Labute approximate surface area is 139 Å². The molecule has 0 spiro atoms. The summed E-state index contributed by atoms with van der Waals surface area (Å²) in [6.45, 7) is 5.31. The molecule has 0 bridgehead atoms. The van der Waals surface area contributed by atoms with E-state index in [0.717, 1.165) is 25.3 Å². The summed E-state index contributed by atoms with van der Waals surface area (Å²) in [5.74, 6) is 1.71. The molecule has 0 saturated carbocycles. The van der Waals surface area contributed by atoms with Crippen molar-refractivity contribution in [1.82, 2.24) is 10.6 Å². The monoisotopic (exact) mass is 326 g/mol. The van der Waals surface area contributed by atoms with Crippen LogP contribution in [0.15, 0.2) is 24.3 Å². The van der Waals surface area contributed by atoms with Gasteiger partial charge in [-0.05, 0) is 62.9 Å². The number of ether oxygens (including phenoxy) is 1. The van der Waals surface area contributed by atoms with Crippen molar-refractivity contribution < 1.29 is 9.53 Å². The van der Waals surface area contributed by atoms with E-state index in [0.29, 0.717) is 25.5 Å². The lowest BCUT2D eigenvalue weighted by molar-refractivity contribution is -0.121. The number of hydrogen-bond donors (Lipinski definition) is 2. The summed E-state index contributed by atoms with van der Waals surface area (Å²) < 4.78 is 5.61. The van der Waals surface area contributed by atoms with Crippen LogP contribution in [0.4, 0.5) is 0 Å². The quantitative estimate of drug-likeness (QED) is 0.757. The normalized spacial score (nSPS) is 15.0. The molecule has 1 saturated heterocycles. The zero-order chi connectivity index (χ0) is 14.9. The van der Waals surface area contributed by atoms with E-state index in [4.69, 9.17) is 4.74 Å². The number of halogens is 1. The van der Waals surface area contributed by atoms with Gasteiger partial charge in [-0.15, -0.1) is 12.4 Å². The van der Waals surface area contributed by atoms with Crippen LogP contribution in [0.3, 0.4) is 0 Å². The van der Waals surface area contributed by atoms with E-state index in [1.165, 1.54) is 18.4 Å². The number of hydrogen-bond acceptors (Lipinski definition) is 3. The van der Waals surface area contributed by atoms with Gasteiger partial charge in [-0.25, -0.2) is 0 Å². The van der Waals surface area contributed by atoms with Crippen LogP contribution < -0.4 is 15.4 Å². The first-order valence-electron chi connectivity index (χ1n) is 7.91. The summed E-state index contributed by atoms with van der Waals surface area (Å²) in [6, 6.07) is 7.95. The molecule has 0 radical (unpaired) electrons. The topological polar surface area (TPSA) is 50.4 Å². The molecule has 1 fully saturated rings. The fourth-order valence-electron chi connectivity index (χ4n) is 2.66. The summed E-state index contributed by atoms with van der Waals surface area (Å²) in [5.41, 5.74) is 1.18. The number of amides is 1. The highest BCUT2D eigenvalue weighted by Gasteiger charge is 2.14. The molecule has 0 aliphatic carbocycles. The molecular formula is C17H27ClN2O2. The summed E-state index contributed by atoms with van der Waals surface area (Å²) in [7, 11) is 0. The van der Waals surface area contributed by atoms with Gasteiger partial charge in [0.05, 0.1) is 6.54 Å². The molecule has 22 heavy (non-hydrogen) atoms. The number of benzene rings is 1. The minimum atomic E-state index is 0. The van der Waals surface area contributed by atoms with Crippen LogP contribution in [0, 0.1) is 12.8 Å². The first-order valence-corrected chi connectivity index (χ1v) is 7.91. The van der Waals surface area contributed by atoms with Crippen molar-refractivity contribution >= 4 is 18.3 Å². The predicted octanol–water partition coefficient (Wildman–Crippen LogP) is 2.69. The first-order chi connectivity index (χ1) is 10.2. The van der Waals surface area contributed by atoms with Gasteiger partial charge in [-0.2, -0.15) is 0 Å². The average molecular weight is 327 g/mol. The Kier molecular flexibility index (Phi) is 8.94. The van der Waals surface area contributed by atoms with Gasteiger partial charge in [-0.1, -0.05) is 12.1 Å². The highest BCUT2D eigenvalue weighted by Crippen LogP contribution is 2.17. The van der Waals surface area contributed by atoms with Crippen LogP contribution in [0.5, 0.6) is 5.75 Å². The van der Waals surface area contributed by atoms with Crippen molar-refractivity contribution in [3.05, 3.63) is 29.8 Å². The summed E-state index contributed by atoms with van der Waals surface area (Å²) in [5, 5.41) is 6.27. The van der Waals surface area contributed by atoms with Crippen LogP contribution in [-0.2, 0) is 4.79 Å². The standard InChI is InChI=1S/C17H26N2O2.ClH/c1-14-3-2-4-16(13-14)21-12-11-19-17(20)6-5-15-7-9-18-10-8-15;/h2-4,13,15,18H,5-12H2,1H3,(H,19,20);1H. The summed E-state index contributed by atoms with van der Waals surface area (Å²) in [4.78, 5) is 11.8. The van der Waals surface area contributed by atoms with Crippen molar-refractivity contribution in [2.24, 2.45) is 5.92 Å². The van der Waals surface area contributed by atoms with E-state index in [-0.39, 0.29) is 18.3 Å². The van der Waals surface area contributed by atoms with Gasteiger partial charge in [0, 0.05) is 6.42 Å². The Morgan fingerprint density at radius 1 is 1.36 bits per heavy atom. The number of carbonyl (C=O) groups excluding carboxylic acids is 1. The maximum atomic E-state index is 11.8. The molecule has 124 valence electrons. The lowest BCUT2D eigenvalue weighted by atomic mass is 9.93. The largest absolute Gasteiger partial charge is 0.492 e. The third-order valence-corrected chi connectivity index (χ3v) is 3.92. The summed E-state index contributed by atoms with van der Waals surface area (Å²) >= 11 is 0.